The van der Waals surface area contributed by atoms with Gasteiger partial charge in [0, 0.05) is 5.92 Å². The largest absolute Gasteiger partial charge is 0.496 e. The number of hydrogen-bond acceptors (Lipinski definition) is 2. The molecule has 46 valence electrons. The first-order valence-corrected chi connectivity index (χ1v) is 2.86. The molecule has 0 aromatic heterocycles. The van der Waals surface area contributed by atoms with E-state index in [0.717, 1.165) is 12.4 Å². The van der Waals surface area contributed by atoms with Gasteiger partial charge in [-0.3, -0.25) is 0 Å². The van der Waals surface area contributed by atoms with Crippen LogP contribution in [0.1, 0.15) is 6.92 Å². The van der Waals surface area contributed by atoms with Crippen LogP contribution in [-0.2, 0) is 4.74 Å². The fourth-order valence-electron chi connectivity index (χ4n) is 0.779. The van der Waals surface area contributed by atoms with E-state index in [2.05, 4.69) is 13.0 Å². The maximum absolute atomic E-state index is 5.30. The molecule has 1 rings (SSSR count). The normalized spacial score (nSPS) is 27.2. The predicted octanol–water partition coefficient (Wildman–Crippen LogP) is 0.495. The Morgan fingerprint density at radius 1 is 2.00 bits per heavy atom. The lowest BCUT2D eigenvalue weighted by Crippen LogP contribution is -2.02. The first-order chi connectivity index (χ1) is 3.83. The van der Waals surface area contributed by atoms with Crippen LogP contribution in [0.2, 0.25) is 0 Å². The van der Waals surface area contributed by atoms with Crippen LogP contribution in [0, 0.1) is 5.92 Å². The summed E-state index contributed by atoms with van der Waals surface area (Å²) >= 11 is 0. The molecule has 1 aliphatic heterocycles. The van der Waals surface area contributed by atoms with Gasteiger partial charge < -0.3 is 10.5 Å². The first kappa shape index (κ1) is 5.63. The zero-order valence-corrected chi connectivity index (χ0v) is 5.05. The van der Waals surface area contributed by atoms with Crippen molar-refractivity contribution in [1.82, 2.24) is 0 Å². The van der Waals surface area contributed by atoms with E-state index in [1.54, 1.807) is 0 Å². The number of hydrogen-bond donors (Lipinski definition) is 1. The molecule has 0 fully saturated rings. The van der Waals surface area contributed by atoms with E-state index in [-0.39, 0.29) is 0 Å². The van der Waals surface area contributed by atoms with Crippen LogP contribution < -0.4 is 5.73 Å². The minimum atomic E-state index is 0.546. The highest BCUT2D eigenvalue weighted by molar-refractivity contribution is 5.02. The number of rotatable bonds is 1. The minimum Gasteiger partial charge on any atom is -0.496 e. The van der Waals surface area contributed by atoms with Gasteiger partial charge in [0.05, 0.1) is 13.2 Å². The van der Waals surface area contributed by atoms with Crippen LogP contribution in [0.5, 0.6) is 0 Å². The van der Waals surface area contributed by atoms with Gasteiger partial charge >= 0.3 is 0 Å². The van der Waals surface area contributed by atoms with Gasteiger partial charge in [0.15, 0.2) is 0 Å². The summed E-state index contributed by atoms with van der Waals surface area (Å²) in [6.45, 7) is 3.47. The fraction of sp³-hybridized carbons (Fsp3) is 0.667. The third-order valence-electron chi connectivity index (χ3n) is 1.20. The second-order valence-electron chi connectivity index (χ2n) is 2.13. The lowest BCUT2D eigenvalue weighted by atomic mass is 10.2. The topological polar surface area (TPSA) is 35.2 Å². The molecule has 1 heterocycles. The third-order valence-corrected chi connectivity index (χ3v) is 1.20. The van der Waals surface area contributed by atoms with Gasteiger partial charge in [-0.15, -0.1) is 0 Å². The van der Waals surface area contributed by atoms with Gasteiger partial charge in [-0.2, -0.15) is 0 Å². The molecule has 1 aliphatic rings. The maximum atomic E-state index is 5.30. The quantitative estimate of drug-likeness (QED) is 0.537. The van der Waals surface area contributed by atoms with Crippen molar-refractivity contribution < 1.29 is 4.74 Å². The molecule has 0 radical (unpaired) electrons. The zero-order valence-electron chi connectivity index (χ0n) is 5.05. The minimum absolute atomic E-state index is 0.546. The molecule has 1 atom stereocenters. The second kappa shape index (κ2) is 2.18. The van der Waals surface area contributed by atoms with Crippen LogP contribution >= 0.6 is 0 Å². The summed E-state index contributed by atoms with van der Waals surface area (Å²) in [7, 11) is 0. The lowest BCUT2D eigenvalue weighted by Gasteiger charge is -1.96. The molecule has 0 saturated heterocycles. The van der Waals surface area contributed by atoms with Crippen LogP contribution in [0.25, 0.3) is 0 Å². The second-order valence-corrected chi connectivity index (χ2v) is 2.13. The van der Waals surface area contributed by atoms with E-state index in [0.29, 0.717) is 12.5 Å². The lowest BCUT2D eigenvalue weighted by molar-refractivity contribution is 0.221. The highest BCUT2D eigenvalue weighted by atomic mass is 16.5. The predicted molar refractivity (Wildman–Crippen MR) is 32.3 cm³/mol. The molecular formula is C6H11NO. The molecule has 0 aliphatic carbocycles. The Bertz CT molecular complexity index is 109. The molecule has 0 aromatic rings. The van der Waals surface area contributed by atoms with Crippen molar-refractivity contribution in [1.29, 1.82) is 0 Å². The Hall–Kier alpha value is -0.500. The van der Waals surface area contributed by atoms with Crippen LogP contribution in [0.3, 0.4) is 0 Å². The highest BCUT2D eigenvalue weighted by Crippen LogP contribution is 2.12. The van der Waals surface area contributed by atoms with Crippen LogP contribution in [0.15, 0.2) is 11.8 Å². The molecule has 0 aromatic carbocycles. The van der Waals surface area contributed by atoms with Gasteiger partial charge in [-0.25, -0.2) is 0 Å². The molecule has 0 saturated carbocycles. The van der Waals surface area contributed by atoms with Gasteiger partial charge in [0.2, 0.25) is 0 Å². The monoisotopic (exact) mass is 113 g/mol. The van der Waals surface area contributed by atoms with E-state index in [1.807, 2.05) is 0 Å². The first-order valence-electron chi connectivity index (χ1n) is 2.86. The third kappa shape index (κ3) is 1.01. The summed E-state index contributed by atoms with van der Waals surface area (Å²) in [5.74, 6) is 1.51. The van der Waals surface area contributed by atoms with Gasteiger partial charge in [0.1, 0.15) is 5.76 Å². The smallest absolute Gasteiger partial charge is 0.106 e. The van der Waals surface area contributed by atoms with Crippen molar-refractivity contribution in [3.8, 4) is 0 Å². The molecule has 0 bridgehead atoms. The highest BCUT2D eigenvalue weighted by Gasteiger charge is 2.09. The standard InChI is InChI=1S/C6H11NO/c1-5-2-6(3-7)8-4-5/h2,5H,3-4,7H2,1H3. The Balaban J connectivity index is 2.44. The number of nitrogens with two attached hydrogens (primary N) is 1. The molecule has 2 heteroatoms. The average molecular weight is 113 g/mol. The van der Waals surface area contributed by atoms with E-state index in [1.165, 1.54) is 0 Å². The molecule has 8 heavy (non-hydrogen) atoms. The number of ether oxygens (including phenoxy) is 1. The van der Waals surface area contributed by atoms with Crippen molar-refractivity contribution in [2.24, 2.45) is 11.7 Å². The Labute approximate surface area is 49.3 Å². The van der Waals surface area contributed by atoms with Crippen molar-refractivity contribution in [2.75, 3.05) is 13.2 Å². The SMILES string of the molecule is CC1C=C(CN)OC1. The van der Waals surface area contributed by atoms with Crippen molar-refractivity contribution >= 4 is 0 Å². The van der Waals surface area contributed by atoms with Crippen molar-refractivity contribution in [3.63, 3.8) is 0 Å². The molecule has 1 unspecified atom stereocenters. The molecular weight excluding hydrogens is 102 g/mol. The average Bonchev–Trinajstić information content (AvgIpc) is 2.14. The summed E-state index contributed by atoms with van der Waals surface area (Å²) in [5.41, 5.74) is 5.30. The van der Waals surface area contributed by atoms with Crippen LogP contribution in [0.4, 0.5) is 0 Å². The summed E-state index contributed by atoms with van der Waals surface area (Å²) in [5, 5.41) is 0. The van der Waals surface area contributed by atoms with E-state index in [9.17, 15) is 0 Å². The molecule has 0 spiro atoms. The molecule has 2 nitrogen and oxygen atoms in total. The van der Waals surface area contributed by atoms with E-state index in [4.69, 9.17) is 10.5 Å². The summed E-state index contributed by atoms with van der Waals surface area (Å²) in [6, 6.07) is 0. The van der Waals surface area contributed by atoms with Crippen molar-refractivity contribution in [3.05, 3.63) is 11.8 Å². The fourth-order valence-corrected chi connectivity index (χ4v) is 0.779. The van der Waals surface area contributed by atoms with Crippen LogP contribution in [-0.4, -0.2) is 13.2 Å². The Kier molecular flexibility index (Phi) is 1.53. The maximum Gasteiger partial charge on any atom is 0.106 e. The molecule has 0 amide bonds. The van der Waals surface area contributed by atoms with Gasteiger partial charge in [0.25, 0.3) is 0 Å². The van der Waals surface area contributed by atoms with Gasteiger partial charge in [-0.05, 0) is 6.08 Å². The summed E-state index contributed by atoms with van der Waals surface area (Å²) in [6.07, 6.45) is 2.07. The zero-order chi connectivity index (χ0) is 5.98. The van der Waals surface area contributed by atoms with E-state index >= 15 is 0 Å². The molecule has 2 N–H and O–H groups in total. The Morgan fingerprint density at radius 2 is 2.75 bits per heavy atom. The summed E-state index contributed by atoms with van der Waals surface area (Å²) < 4.78 is 5.15. The summed E-state index contributed by atoms with van der Waals surface area (Å²) in [4.78, 5) is 0. The van der Waals surface area contributed by atoms with Gasteiger partial charge in [-0.1, -0.05) is 6.92 Å². The van der Waals surface area contributed by atoms with Crippen molar-refractivity contribution in [2.45, 2.75) is 6.92 Å². The van der Waals surface area contributed by atoms with E-state index < -0.39 is 0 Å². The Morgan fingerprint density at radius 3 is 3.00 bits per heavy atom.